The quantitative estimate of drug-likeness (QED) is 0.144. The number of anilines is 2. The molecule has 0 unspecified atom stereocenters. The summed E-state index contributed by atoms with van der Waals surface area (Å²) in [5, 5.41) is 3.89. The molecule has 4 aromatic rings. The molecule has 0 aliphatic heterocycles. The lowest BCUT2D eigenvalue weighted by Crippen LogP contribution is -2.37. The van der Waals surface area contributed by atoms with E-state index < -0.39 is 19.8 Å². The van der Waals surface area contributed by atoms with Gasteiger partial charge in [-0.25, -0.2) is 0 Å². The second kappa shape index (κ2) is 7.28. The van der Waals surface area contributed by atoms with E-state index in [9.17, 15) is 13.2 Å². The Morgan fingerprint density at radius 2 is 1.41 bits per heavy atom. The molecule has 0 fully saturated rings. The smallest absolute Gasteiger partial charge is 0.282 e. The van der Waals surface area contributed by atoms with Gasteiger partial charge in [0.05, 0.1) is 52.6 Å². The highest BCUT2D eigenvalue weighted by molar-refractivity contribution is 14.1. The lowest BCUT2D eigenvalue weighted by atomic mass is 10.1. The third-order valence-electron chi connectivity index (χ3n) is 4.94. The Labute approximate surface area is 186 Å². The maximum absolute atomic E-state index is 12.9. The summed E-state index contributed by atoms with van der Waals surface area (Å²) in [5.74, 6) is 0. The van der Waals surface area contributed by atoms with E-state index in [2.05, 4.69) is 66.8 Å². The Hall–Kier alpha value is -1.58. The standard InChI is InChI=1S/C22H19F3INSSi/c1-29(2,3)19-9-5-7-17-16-6-4-8-18(20(16)28-21(17)19)27(26)15-12-10-14(11-13-15)22(23,24)25/h4-13H,1-3H3. The SMILES string of the molecule is C[Si](C)(C)c1cccc2c1sc1c(N(I)c3ccc(C(F)(F)F)cc3)cccc12. The van der Waals surface area contributed by atoms with Crippen molar-refractivity contribution in [2.75, 3.05) is 3.11 Å². The average Bonchev–Trinajstić information content (AvgIpc) is 3.04. The Bertz CT molecular complexity index is 1190. The molecule has 0 spiro atoms. The molecule has 0 N–H and O–H groups in total. The maximum atomic E-state index is 12.9. The maximum Gasteiger partial charge on any atom is 0.416 e. The van der Waals surface area contributed by atoms with Crippen molar-refractivity contribution in [3.05, 3.63) is 66.2 Å². The Balaban J connectivity index is 1.86. The van der Waals surface area contributed by atoms with Crippen LogP contribution in [0.25, 0.3) is 20.2 Å². The van der Waals surface area contributed by atoms with Crippen molar-refractivity contribution >= 4 is 79.0 Å². The summed E-state index contributed by atoms with van der Waals surface area (Å²) in [4.78, 5) is 0. The summed E-state index contributed by atoms with van der Waals surface area (Å²) >= 11 is 3.95. The van der Waals surface area contributed by atoms with Gasteiger partial charge in [-0.3, -0.25) is 3.11 Å². The van der Waals surface area contributed by atoms with Gasteiger partial charge in [-0.2, -0.15) is 13.2 Å². The normalized spacial score (nSPS) is 12.7. The summed E-state index contributed by atoms with van der Waals surface area (Å²) < 4.78 is 43.1. The number of rotatable bonds is 3. The zero-order chi connectivity index (χ0) is 21.0. The first-order valence-electron chi connectivity index (χ1n) is 9.15. The molecule has 0 bridgehead atoms. The lowest BCUT2D eigenvalue weighted by Gasteiger charge is -2.18. The molecular formula is C22H19F3INSSi. The number of halogens is 4. The number of fused-ring (bicyclic) bond motifs is 3. The first-order chi connectivity index (χ1) is 13.6. The van der Waals surface area contributed by atoms with Gasteiger partial charge in [0, 0.05) is 15.5 Å². The summed E-state index contributed by atoms with van der Waals surface area (Å²) in [7, 11) is -1.50. The van der Waals surface area contributed by atoms with Crippen LogP contribution in [-0.4, -0.2) is 8.07 Å². The van der Waals surface area contributed by atoms with Crippen LogP contribution in [0.5, 0.6) is 0 Å². The fraction of sp³-hybridized carbons (Fsp3) is 0.182. The molecule has 150 valence electrons. The molecule has 1 aromatic heterocycles. The predicted molar refractivity (Wildman–Crippen MR) is 130 cm³/mol. The number of benzene rings is 3. The number of alkyl halides is 3. The molecule has 1 heterocycles. The summed E-state index contributed by atoms with van der Waals surface area (Å²) in [5.41, 5.74) is 1.07. The molecule has 4 rings (SSSR count). The van der Waals surface area contributed by atoms with Crippen LogP contribution in [0.2, 0.25) is 19.6 Å². The monoisotopic (exact) mass is 541 g/mol. The van der Waals surface area contributed by atoms with E-state index in [1.165, 1.54) is 32.8 Å². The molecule has 1 nitrogen and oxygen atoms in total. The van der Waals surface area contributed by atoms with Gasteiger partial charge in [0.25, 0.3) is 0 Å². The summed E-state index contributed by atoms with van der Waals surface area (Å²) in [6, 6.07) is 18.0. The molecule has 0 aliphatic rings. The van der Waals surface area contributed by atoms with Crippen molar-refractivity contribution in [3.63, 3.8) is 0 Å². The number of nitrogens with zero attached hydrogens (tertiary/aromatic N) is 1. The van der Waals surface area contributed by atoms with E-state index in [1.807, 2.05) is 15.2 Å². The zero-order valence-electron chi connectivity index (χ0n) is 16.1. The highest BCUT2D eigenvalue weighted by Gasteiger charge is 2.30. The molecule has 0 aliphatic carbocycles. The highest BCUT2D eigenvalue weighted by atomic mass is 127. The number of hydrogen-bond donors (Lipinski definition) is 0. The average molecular weight is 541 g/mol. The fourth-order valence-corrected chi connectivity index (χ4v) is 8.06. The van der Waals surface area contributed by atoms with Gasteiger partial charge in [-0.15, -0.1) is 11.3 Å². The summed E-state index contributed by atoms with van der Waals surface area (Å²) in [6.45, 7) is 7.04. The predicted octanol–water partition coefficient (Wildman–Crippen LogP) is 8.11. The molecule has 0 saturated carbocycles. The Kier molecular flexibility index (Phi) is 5.19. The van der Waals surface area contributed by atoms with E-state index in [4.69, 9.17) is 0 Å². The first kappa shape index (κ1) is 20.7. The lowest BCUT2D eigenvalue weighted by molar-refractivity contribution is -0.137. The van der Waals surface area contributed by atoms with Crippen molar-refractivity contribution in [2.45, 2.75) is 25.8 Å². The largest absolute Gasteiger partial charge is 0.416 e. The number of thiophene rings is 1. The third kappa shape index (κ3) is 3.80. The second-order valence-corrected chi connectivity index (χ2v) is 15.0. The molecule has 0 saturated heterocycles. The van der Waals surface area contributed by atoms with Crippen LogP contribution in [0.4, 0.5) is 24.5 Å². The van der Waals surface area contributed by atoms with Gasteiger partial charge in [-0.1, -0.05) is 50.0 Å². The Morgan fingerprint density at radius 1 is 0.828 bits per heavy atom. The zero-order valence-corrected chi connectivity index (χ0v) is 20.1. The van der Waals surface area contributed by atoms with Crippen LogP contribution in [0.3, 0.4) is 0 Å². The van der Waals surface area contributed by atoms with Gasteiger partial charge < -0.3 is 0 Å². The van der Waals surface area contributed by atoms with Crippen molar-refractivity contribution in [1.82, 2.24) is 0 Å². The highest BCUT2D eigenvalue weighted by Crippen LogP contribution is 2.43. The van der Waals surface area contributed by atoms with Crippen LogP contribution in [0, 0.1) is 0 Å². The topological polar surface area (TPSA) is 3.24 Å². The van der Waals surface area contributed by atoms with E-state index in [-0.39, 0.29) is 0 Å². The Morgan fingerprint density at radius 3 is 2.00 bits per heavy atom. The van der Waals surface area contributed by atoms with Crippen LogP contribution in [-0.2, 0) is 6.18 Å². The molecule has 3 aromatic carbocycles. The van der Waals surface area contributed by atoms with E-state index in [1.54, 1.807) is 11.3 Å². The minimum atomic E-state index is -4.33. The number of hydrogen-bond acceptors (Lipinski definition) is 2. The first-order valence-corrected chi connectivity index (χ1v) is 14.4. The van der Waals surface area contributed by atoms with E-state index in [0.29, 0.717) is 5.69 Å². The van der Waals surface area contributed by atoms with E-state index >= 15 is 0 Å². The van der Waals surface area contributed by atoms with Gasteiger partial charge in [0.15, 0.2) is 0 Å². The van der Waals surface area contributed by atoms with Gasteiger partial charge in [-0.05, 0) is 35.5 Å². The molecule has 0 atom stereocenters. The van der Waals surface area contributed by atoms with Crippen molar-refractivity contribution in [3.8, 4) is 0 Å². The van der Waals surface area contributed by atoms with Crippen LogP contribution in [0.1, 0.15) is 5.56 Å². The molecule has 29 heavy (non-hydrogen) atoms. The van der Waals surface area contributed by atoms with Crippen molar-refractivity contribution in [2.24, 2.45) is 0 Å². The minimum absolute atomic E-state index is 0.633. The van der Waals surface area contributed by atoms with E-state index in [0.717, 1.165) is 22.5 Å². The van der Waals surface area contributed by atoms with Crippen LogP contribution >= 0.6 is 34.2 Å². The molecule has 0 amide bonds. The summed E-state index contributed by atoms with van der Waals surface area (Å²) in [6.07, 6.45) is -4.33. The van der Waals surface area contributed by atoms with Crippen LogP contribution < -0.4 is 8.30 Å². The van der Waals surface area contributed by atoms with Crippen LogP contribution in [0.15, 0.2) is 60.7 Å². The van der Waals surface area contributed by atoms with Gasteiger partial charge >= 0.3 is 6.18 Å². The van der Waals surface area contributed by atoms with Gasteiger partial charge in [0.2, 0.25) is 0 Å². The third-order valence-corrected chi connectivity index (χ3v) is 9.51. The molecular weight excluding hydrogens is 522 g/mol. The minimum Gasteiger partial charge on any atom is -0.282 e. The van der Waals surface area contributed by atoms with Crippen molar-refractivity contribution in [1.29, 1.82) is 0 Å². The van der Waals surface area contributed by atoms with Crippen molar-refractivity contribution < 1.29 is 13.2 Å². The molecule has 0 radical (unpaired) electrons. The fourth-order valence-electron chi connectivity index (χ4n) is 3.47. The second-order valence-electron chi connectivity index (χ2n) is 8.01. The van der Waals surface area contributed by atoms with Gasteiger partial charge in [0.1, 0.15) is 0 Å². The molecule has 7 heteroatoms.